The van der Waals surface area contributed by atoms with Gasteiger partial charge in [0.2, 0.25) is 0 Å². The molecule has 4 heteroatoms. The van der Waals surface area contributed by atoms with Crippen LogP contribution in [0.4, 0.5) is 0 Å². The number of aliphatic hydroxyl groups is 1. The lowest BCUT2D eigenvalue weighted by Gasteiger charge is -2.15. The van der Waals surface area contributed by atoms with Crippen LogP contribution in [0.2, 0.25) is 0 Å². The second kappa shape index (κ2) is 5.14. The number of benzene rings is 2. The van der Waals surface area contributed by atoms with E-state index < -0.39 is 0 Å². The Morgan fingerprint density at radius 3 is 2.33 bits per heavy atom. The van der Waals surface area contributed by atoms with Crippen LogP contribution >= 0.6 is 0 Å². The quantitative estimate of drug-likeness (QED) is 0.902. The van der Waals surface area contributed by atoms with Crippen LogP contribution in [0.15, 0.2) is 24.3 Å². The molecule has 0 aliphatic carbocycles. The van der Waals surface area contributed by atoms with E-state index in [4.69, 9.17) is 14.2 Å². The van der Waals surface area contributed by atoms with Crippen LogP contribution < -0.4 is 14.2 Å². The van der Waals surface area contributed by atoms with Crippen molar-refractivity contribution in [3.8, 4) is 17.2 Å². The van der Waals surface area contributed by atoms with Gasteiger partial charge in [-0.05, 0) is 29.7 Å². The fraction of sp³-hybridized carbons (Fsp3) is 0.286. The Balaban J connectivity index is 2.78. The Kier molecular flexibility index (Phi) is 3.58. The molecule has 2 rings (SSSR count). The molecular weight excluding hydrogens is 232 g/mol. The normalized spacial score (nSPS) is 10.4. The van der Waals surface area contributed by atoms with Gasteiger partial charge in [0, 0.05) is 5.39 Å². The molecule has 96 valence electrons. The molecule has 1 N–H and O–H groups in total. The molecule has 0 heterocycles. The Morgan fingerprint density at radius 2 is 1.78 bits per heavy atom. The van der Waals surface area contributed by atoms with E-state index in [1.165, 1.54) is 0 Å². The first-order valence-corrected chi connectivity index (χ1v) is 5.57. The monoisotopic (exact) mass is 248 g/mol. The molecule has 0 fully saturated rings. The average molecular weight is 248 g/mol. The van der Waals surface area contributed by atoms with E-state index in [-0.39, 0.29) is 6.61 Å². The zero-order valence-electron chi connectivity index (χ0n) is 10.7. The van der Waals surface area contributed by atoms with Crippen LogP contribution in [0.25, 0.3) is 10.8 Å². The van der Waals surface area contributed by atoms with E-state index in [0.717, 1.165) is 16.5 Å². The van der Waals surface area contributed by atoms with E-state index in [9.17, 15) is 5.11 Å². The van der Waals surface area contributed by atoms with Crippen LogP contribution in [0.3, 0.4) is 0 Å². The number of fused-ring (bicyclic) bond motifs is 1. The molecule has 0 amide bonds. The summed E-state index contributed by atoms with van der Waals surface area (Å²) in [4.78, 5) is 0. The topological polar surface area (TPSA) is 47.9 Å². The fourth-order valence-electron chi connectivity index (χ4n) is 2.06. The lowest BCUT2D eigenvalue weighted by molar-refractivity contribution is 0.266. The zero-order chi connectivity index (χ0) is 13.1. The van der Waals surface area contributed by atoms with Gasteiger partial charge in [-0.1, -0.05) is 0 Å². The molecule has 0 radical (unpaired) electrons. The van der Waals surface area contributed by atoms with Crippen molar-refractivity contribution in [3.63, 3.8) is 0 Å². The molecule has 2 aromatic rings. The first-order valence-electron chi connectivity index (χ1n) is 5.57. The van der Waals surface area contributed by atoms with E-state index >= 15 is 0 Å². The second-order valence-electron chi connectivity index (χ2n) is 3.84. The molecule has 0 saturated carbocycles. The minimum absolute atomic E-state index is 0.131. The van der Waals surface area contributed by atoms with Crippen LogP contribution in [0, 0.1) is 0 Å². The minimum Gasteiger partial charge on any atom is -0.497 e. The summed E-state index contributed by atoms with van der Waals surface area (Å²) in [6.45, 7) is -0.131. The SMILES string of the molecule is COc1ccc2c(OC)c(CO)c(OC)cc2c1. The maximum absolute atomic E-state index is 9.44. The van der Waals surface area contributed by atoms with Crippen molar-refractivity contribution in [2.24, 2.45) is 0 Å². The van der Waals surface area contributed by atoms with Gasteiger partial charge in [-0.3, -0.25) is 0 Å². The van der Waals surface area contributed by atoms with Crippen LogP contribution in [-0.2, 0) is 6.61 Å². The molecule has 2 aromatic carbocycles. The van der Waals surface area contributed by atoms with E-state index in [1.54, 1.807) is 21.3 Å². The second-order valence-corrected chi connectivity index (χ2v) is 3.84. The first-order chi connectivity index (χ1) is 8.74. The molecule has 0 aliphatic heterocycles. The van der Waals surface area contributed by atoms with E-state index in [0.29, 0.717) is 17.1 Å². The molecule has 0 aromatic heterocycles. The summed E-state index contributed by atoms with van der Waals surface area (Å²) in [5.74, 6) is 2.01. The third-order valence-electron chi connectivity index (χ3n) is 2.94. The van der Waals surface area contributed by atoms with Crippen LogP contribution in [0.1, 0.15) is 5.56 Å². The predicted octanol–water partition coefficient (Wildman–Crippen LogP) is 2.36. The predicted molar refractivity (Wildman–Crippen MR) is 69.5 cm³/mol. The van der Waals surface area contributed by atoms with Gasteiger partial charge in [0.05, 0.1) is 33.5 Å². The minimum atomic E-state index is -0.131. The number of ether oxygens (including phenoxy) is 3. The van der Waals surface area contributed by atoms with Gasteiger partial charge in [-0.25, -0.2) is 0 Å². The summed E-state index contributed by atoms with van der Waals surface area (Å²) in [6.07, 6.45) is 0. The lowest BCUT2D eigenvalue weighted by atomic mass is 10.0. The van der Waals surface area contributed by atoms with Gasteiger partial charge in [-0.2, -0.15) is 0 Å². The number of rotatable bonds is 4. The number of hydrogen-bond donors (Lipinski definition) is 1. The van der Waals surface area contributed by atoms with Crippen molar-refractivity contribution >= 4 is 10.8 Å². The first kappa shape index (κ1) is 12.5. The van der Waals surface area contributed by atoms with Gasteiger partial charge in [0.15, 0.2) is 0 Å². The molecule has 0 aliphatic rings. The summed E-state index contributed by atoms with van der Waals surface area (Å²) in [7, 11) is 4.77. The van der Waals surface area contributed by atoms with Crippen molar-refractivity contribution in [1.82, 2.24) is 0 Å². The smallest absolute Gasteiger partial charge is 0.135 e. The van der Waals surface area contributed by atoms with Crippen molar-refractivity contribution < 1.29 is 19.3 Å². The number of aliphatic hydroxyl groups excluding tert-OH is 1. The number of methoxy groups -OCH3 is 3. The van der Waals surface area contributed by atoms with E-state index in [1.807, 2.05) is 24.3 Å². The van der Waals surface area contributed by atoms with Gasteiger partial charge >= 0.3 is 0 Å². The Morgan fingerprint density at radius 1 is 1.00 bits per heavy atom. The third-order valence-corrected chi connectivity index (χ3v) is 2.94. The van der Waals surface area contributed by atoms with Crippen molar-refractivity contribution in [1.29, 1.82) is 0 Å². The van der Waals surface area contributed by atoms with Crippen molar-refractivity contribution in [2.45, 2.75) is 6.61 Å². The summed E-state index contributed by atoms with van der Waals surface area (Å²) in [5.41, 5.74) is 0.651. The van der Waals surface area contributed by atoms with Gasteiger partial charge in [0.1, 0.15) is 17.2 Å². The van der Waals surface area contributed by atoms with Crippen molar-refractivity contribution in [2.75, 3.05) is 21.3 Å². The summed E-state index contributed by atoms with van der Waals surface area (Å²) in [6, 6.07) is 7.54. The third kappa shape index (κ3) is 1.95. The van der Waals surface area contributed by atoms with Crippen molar-refractivity contribution in [3.05, 3.63) is 29.8 Å². The summed E-state index contributed by atoms with van der Waals surface area (Å²) >= 11 is 0. The van der Waals surface area contributed by atoms with Gasteiger partial charge in [-0.15, -0.1) is 0 Å². The maximum Gasteiger partial charge on any atom is 0.135 e. The maximum atomic E-state index is 9.44. The van der Waals surface area contributed by atoms with Gasteiger partial charge < -0.3 is 19.3 Å². The fourth-order valence-corrected chi connectivity index (χ4v) is 2.06. The zero-order valence-corrected chi connectivity index (χ0v) is 10.7. The van der Waals surface area contributed by atoms with Crippen LogP contribution in [-0.4, -0.2) is 26.4 Å². The summed E-state index contributed by atoms with van der Waals surface area (Å²) in [5, 5.41) is 11.3. The highest BCUT2D eigenvalue weighted by Crippen LogP contribution is 2.38. The highest BCUT2D eigenvalue weighted by molar-refractivity contribution is 5.92. The Bertz CT molecular complexity index is 563. The molecule has 0 saturated heterocycles. The van der Waals surface area contributed by atoms with Gasteiger partial charge in [0.25, 0.3) is 0 Å². The molecule has 0 unspecified atom stereocenters. The molecular formula is C14H16O4. The van der Waals surface area contributed by atoms with Crippen LogP contribution in [0.5, 0.6) is 17.2 Å². The Hall–Kier alpha value is -1.94. The highest BCUT2D eigenvalue weighted by atomic mass is 16.5. The lowest BCUT2D eigenvalue weighted by Crippen LogP contribution is -1.98. The number of hydrogen-bond acceptors (Lipinski definition) is 4. The standard InChI is InChI=1S/C14H16O4/c1-16-10-4-5-11-9(6-10)7-13(17-2)12(8-15)14(11)18-3/h4-7,15H,8H2,1-3H3. The highest BCUT2D eigenvalue weighted by Gasteiger charge is 2.14. The molecule has 18 heavy (non-hydrogen) atoms. The summed E-state index contributed by atoms with van der Waals surface area (Å²) < 4.78 is 15.9. The molecule has 4 nitrogen and oxygen atoms in total. The molecule has 0 bridgehead atoms. The average Bonchev–Trinajstić information content (AvgIpc) is 2.44. The molecule has 0 spiro atoms. The van der Waals surface area contributed by atoms with E-state index in [2.05, 4.69) is 0 Å². The molecule has 0 atom stereocenters. The Labute approximate surface area is 106 Å². The largest absolute Gasteiger partial charge is 0.497 e.